The molecule has 11 heteroatoms. The van der Waals surface area contributed by atoms with Gasteiger partial charge in [0.2, 0.25) is 12.5 Å². The highest BCUT2D eigenvalue weighted by atomic mass is 19.3. The van der Waals surface area contributed by atoms with E-state index in [9.17, 15) is 13.6 Å². The Morgan fingerprint density at radius 3 is 2.69 bits per heavy atom. The van der Waals surface area contributed by atoms with Gasteiger partial charge in [-0.15, -0.1) is 0 Å². The van der Waals surface area contributed by atoms with Crippen LogP contribution < -0.4 is 14.5 Å². The van der Waals surface area contributed by atoms with Crippen molar-refractivity contribution in [1.29, 1.82) is 0 Å². The Hall–Kier alpha value is -4.30. The number of aromatic nitrogens is 2. The van der Waals surface area contributed by atoms with Gasteiger partial charge in [-0.05, 0) is 43.4 Å². The topological polar surface area (TPSA) is 75.4 Å². The SMILES string of the molecule is [C-]#[N+]C[C@H]1CN(c2nc(O[C@@H](C)COC3CC(F)(F)C3)nc3c2CCN(c2cccc4cccc(C)c24)C3)CCN1C(=O)C=C. The Kier molecular flexibility index (Phi) is 8.60. The first-order valence-corrected chi connectivity index (χ1v) is 15.5. The molecule has 1 aromatic heterocycles. The van der Waals surface area contributed by atoms with E-state index < -0.39 is 18.1 Å². The smallest absolute Gasteiger partial charge is 0.319 e. The number of carbonyl (C=O) groups excluding carboxylic acids is 1. The summed E-state index contributed by atoms with van der Waals surface area (Å²) in [5.74, 6) is -2.09. The molecule has 9 nitrogen and oxygen atoms in total. The van der Waals surface area contributed by atoms with E-state index in [4.69, 9.17) is 26.0 Å². The van der Waals surface area contributed by atoms with Crippen LogP contribution in [0.15, 0.2) is 49.1 Å². The van der Waals surface area contributed by atoms with Crippen molar-refractivity contribution in [2.24, 2.45) is 0 Å². The molecule has 236 valence electrons. The lowest BCUT2D eigenvalue weighted by Crippen LogP contribution is -2.56. The fourth-order valence-corrected chi connectivity index (χ4v) is 6.60. The van der Waals surface area contributed by atoms with E-state index in [1.54, 1.807) is 4.90 Å². The van der Waals surface area contributed by atoms with Crippen LogP contribution in [0.5, 0.6) is 6.01 Å². The van der Waals surface area contributed by atoms with Crippen molar-refractivity contribution in [2.75, 3.05) is 49.1 Å². The summed E-state index contributed by atoms with van der Waals surface area (Å²) in [7, 11) is 0. The van der Waals surface area contributed by atoms with Gasteiger partial charge in [0.1, 0.15) is 18.0 Å². The number of hydrogen-bond donors (Lipinski definition) is 0. The molecule has 0 spiro atoms. The van der Waals surface area contributed by atoms with Crippen LogP contribution in [-0.4, -0.2) is 84.3 Å². The predicted molar refractivity (Wildman–Crippen MR) is 169 cm³/mol. The van der Waals surface area contributed by atoms with Crippen LogP contribution in [0, 0.1) is 13.5 Å². The maximum atomic E-state index is 13.3. The van der Waals surface area contributed by atoms with Gasteiger partial charge in [-0.1, -0.05) is 36.9 Å². The Bertz CT molecular complexity index is 1630. The van der Waals surface area contributed by atoms with E-state index >= 15 is 0 Å². The average molecular weight is 617 g/mol. The van der Waals surface area contributed by atoms with Crippen LogP contribution in [0.4, 0.5) is 20.3 Å². The lowest BCUT2D eigenvalue weighted by molar-refractivity contribution is -0.171. The third-order valence-corrected chi connectivity index (χ3v) is 8.92. The minimum atomic E-state index is -2.65. The number of nitrogens with zero attached hydrogens (tertiary/aromatic N) is 6. The molecule has 2 aliphatic heterocycles. The fourth-order valence-electron chi connectivity index (χ4n) is 6.60. The third kappa shape index (κ3) is 6.43. The molecule has 1 saturated heterocycles. The van der Waals surface area contributed by atoms with Gasteiger partial charge < -0.3 is 29.0 Å². The largest absolute Gasteiger partial charge is 0.458 e. The third-order valence-electron chi connectivity index (χ3n) is 8.92. The number of fused-ring (bicyclic) bond motifs is 2. The fraction of sp³-hybridized carbons (Fsp3) is 0.471. The molecule has 1 amide bonds. The second-order valence-electron chi connectivity index (χ2n) is 12.2. The summed E-state index contributed by atoms with van der Waals surface area (Å²) < 4.78 is 38.4. The van der Waals surface area contributed by atoms with Gasteiger partial charge in [0.05, 0.1) is 24.9 Å². The summed E-state index contributed by atoms with van der Waals surface area (Å²) >= 11 is 0. The molecule has 2 fully saturated rings. The average Bonchev–Trinajstić information content (AvgIpc) is 3.01. The van der Waals surface area contributed by atoms with Crippen LogP contribution >= 0.6 is 0 Å². The Morgan fingerprint density at radius 1 is 1.18 bits per heavy atom. The number of benzene rings is 2. The van der Waals surface area contributed by atoms with Gasteiger partial charge in [-0.3, -0.25) is 4.79 Å². The second kappa shape index (κ2) is 12.6. The van der Waals surface area contributed by atoms with Crippen molar-refractivity contribution < 1.29 is 23.0 Å². The van der Waals surface area contributed by atoms with E-state index in [1.807, 2.05) is 6.92 Å². The van der Waals surface area contributed by atoms with Gasteiger partial charge in [0, 0.05) is 55.7 Å². The lowest BCUT2D eigenvalue weighted by atomic mass is 9.91. The number of piperazine rings is 1. The van der Waals surface area contributed by atoms with Crippen LogP contribution in [-0.2, 0) is 22.5 Å². The van der Waals surface area contributed by atoms with Gasteiger partial charge >= 0.3 is 6.01 Å². The van der Waals surface area contributed by atoms with E-state index in [-0.39, 0.29) is 44.0 Å². The molecule has 3 aromatic rings. The molecule has 0 bridgehead atoms. The van der Waals surface area contributed by atoms with Crippen molar-refractivity contribution in [3.63, 3.8) is 0 Å². The first-order chi connectivity index (χ1) is 21.7. The summed E-state index contributed by atoms with van der Waals surface area (Å²) in [6, 6.07) is 12.6. The molecule has 45 heavy (non-hydrogen) atoms. The van der Waals surface area contributed by atoms with Crippen LogP contribution in [0.25, 0.3) is 15.6 Å². The number of alkyl halides is 2. The van der Waals surface area contributed by atoms with E-state index in [0.29, 0.717) is 32.6 Å². The van der Waals surface area contributed by atoms with Crippen molar-refractivity contribution in [3.8, 4) is 6.01 Å². The quantitative estimate of drug-likeness (QED) is 0.242. The van der Waals surface area contributed by atoms with E-state index in [1.165, 1.54) is 22.4 Å². The molecule has 0 N–H and O–H groups in total. The minimum Gasteiger partial charge on any atom is -0.458 e. The van der Waals surface area contributed by atoms with Crippen molar-refractivity contribution in [2.45, 2.75) is 63.8 Å². The molecule has 1 aliphatic carbocycles. The maximum Gasteiger partial charge on any atom is 0.319 e. The Balaban J connectivity index is 1.30. The number of ether oxygens (including phenoxy) is 2. The molecular weight excluding hydrogens is 578 g/mol. The van der Waals surface area contributed by atoms with Crippen LogP contribution in [0.3, 0.4) is 0 Å². The number of hydrogen-bond acceptors (Lipinski definition) is 7. The van der Waals surface area contributed by atoms with E-state index in [0.717, 1.165) is 29.3 Å². The summed E-state index contributed by atoms with van der Waals surface area (Å²) in [6.45, 7) is 18.1. The highest BCUT2D eigenvalue weighted by Gasteiger charge is 2.46. The number of halogens is 2. The molecule has 6 rings (SSSR count). The summed E-state index contributed by atoms with van der Waals surface area (Å²) in [6.07, 6.45) is 0.535. The van der Waals surface area contributed by atoms with Crippen molar-refractivity contribution in [3.05, 3.63) is 77.3 Å². The molecule has 2 atom stereocenters. The molecule has 1 saturated carbocycles. The highest BCUT2D eigenvalue weighted by Crippen LogP contribution is 2.39. The Morgan fingerprint density at radius 2 is 1.96 bits per heavy atom. The summed E-state index contributed by atoms with van der Waals surface area (Å²) in [5.41, 5.74) is 4.23. The van der Waals surface area contributed by atoms with Crippen LogP contribution in [0.2, 0.25) is 0 Å². The molecule has 3 aliphatic rings. The molecule has 0 unspecified atom stereocenters. The predicted octanol–water partition coefficient (Wildman–Crippen LogP) is 5.21. The lowest BCUT2D eigenvalue weighted by Gasteiger charge is -2.41. The second-order valence-corrected chi connectivity index (χ2v) is 12.2. The number of amides is 1. The maximum absolute atomic E-state index is 13.3. The first kappa shape index (κ1) is 30.7. The molecule has 0 radical (unpaired) electrons. The zero-order chi connectivity index (χ0) is 31.7. The normalized spacial score (nSPS) is 20.2. The standard InChI is InChI=1S/C34H38F2N6O3/c1-5-30(43)42-15-14-41(19-25(42)18-37-4)32-27-12-13-40(29-11-7-10-24-9-6-8-22(2)31(24)29)20-28(27)38-33(39-32)45-23(3)21-44-26-16-34(35,36)17-26/h5-11,23,25-26H,1,12-21H2,2-3H3/t23-,25-/m0/s1. The monoisotopic (exact) mass is 616 g/mol. The molecule has 3 heterocycles. The zero-order valence-corrected chi connectivity index (χ0v) is 25.7. The number of carbonyl (C=O) groups is 1. The van der Waals surface area contributed by atoms with Crippen molar-refractivity contribution in [1.82, 2.24) is 14.9 Å². The molecular formula is C34H38F2N6O3. The van der Waals surface area contributed by atoms with Gasteiger partial charge in [-0.2, -0.15) is 9.97 Å². The van der Waals surface area contributed by atoms with Gasteiger partial charge in [0.15, 0.2) is 0 Å². The van der Waals surface area contributed by atoms with Crippen LogP contribution in [0.1, 0.15) is 36.6 Å². The minimum absolute atomic E-state index is 0.146. The first-order valence-electron chi connectivity index (χ1n) is 15.5. The van der Waals surface area contributed by atoms with Gasteiger partial charge in [0.25, 0.3) is 5.92 Å². The highest BCUT2D eigenvalue weighted by molar-refractivity contribution is 5.97. The van der Waals surface area contributed by atoms with Crippen molar-refractivity contribution >= 4 is 28.2 Å². The Labute approximate surface area is 262 Å². The number of aryl methyl sites for hydroxylation is 1. The van der Waals surface area contributed by atoms with Gasteiger partial charge in [-0.25, -0.2) is 15.4 Å². The zero-order valence-electron chi connectivity index (χ0n) is 25.7. The molecule has 2 aromatic carbocycles. The summed E-state index contributed by atoms with van der Waals surface area (Å²) in [4.78, 5) is 32.1. The summed E-state index contributed by atoms with van der Waals surface area (Å²) in [5, 5.41) is 2.40. The van der Waals surface area contributed by atoms with E-state index in [2.05, 4.69) is 64.5 Å². The number of anilines is 2. The number of rotatable bonds is 9.